The summed E-state index contributed by atoms with van der Waals surface area (Å²) in [5, 5.41) is 13.9. The van der Waals surface area contributed by atoms with Crippen molar-refractivity contribution in [2.24, 2.45) is 0 Å². The van der Waals surface area contributed by atoms with Crippen LogP contribution in [-0.2, 0) is 10.0 Å². The molecule has 0 amide bonds. The molecule has 0 radical (unpaired) electrons. The molecule has 1 aromatic carbocycles. The monoisotopic (exact) mass is 299 g/mol. The van der Waals surface area contributed by atoms with Gasteiger partial charge in [-0.3, -0.25) is 10.1 Å². The third kappa shape index (κ3) is 2.82. The lowest BCUT2D eigenvalue weighted by molar-refractivity contribution is -0.385. The molecule has 0 bridgehead atoms. The molecule has 0 spiro atoms. The summed E-state index contributed by atoms with van der Waals surface area (Å²) in [6.07, 6.45) is 0. The first-order chi connectivity index (χ1) is 9.32. The molecule has 2 rings (SSSR count). The van der Waals surface area contributed by atoms with Crippen LogP contribution in [0, 0.1) is 17.0 Å². The van der Waals surface area contributed by atoms with Crippen LogP contribution in [0.3, 0.4) is 0 Å². The highest BCUT2D eigenvalue weighted by Crippen LogP contribution is 2.24. The van der Waals surface area contributed by atoms with Crippen LogP contribution in [0.15, 0.2) is 23.1 Å². The summed E-state index contributed by atoms with van der Waals surface area (Å²) in [4.78, 5) is 10.3. The van der Waals surface area contributed by atoms with E-state index in [1.165, 1.54) is 22.5 Å². The Balaban J connectivity index is 2.36. The van der Waals surface area contributed by atoms with Crippen LogP contribution in [0.5, 0.6) is 0 Å². The number of nitro groups is 1. The lowest BCUT2D eigenvalue weighted by Crippen LogP contribution is -2.51. The first-order valence-corrected chi connectivity index (χ1v) is 7.75. The Morgan fingerprint density at radius 1 is 1.45 bits per heavy atom. The van der Waals surface area contributed by atoms with Gasteiger partial charge in [-0.15, -0.1) is 0 Å². The van der Waals surface area contributed by atoms with E-state index in [0.717, 1.165) is 0 Å². The maximum absolute atomic E-state index is 12.6. The van der Waals surface area contributed by atoms with Crippen molar-refractivity contribution in [2.45, 2.75) is 24.8 Å². The molecule has 1 fully saturated rings. The standard InChI is InChI=1S/C12H17N3O4S/c1-9-7-11(15(16)17)3-4-12(9)20(18,19)14-6-5-13-10(2)8-14/h3-4,7,10,13H,5-6,8H2,1-2H3. The Kier molecular flexibility index (Phi) is 4.07. The molecule has 0 saturated carbocycles. The summed E-state index contributed by atoms with van der Waals surface area (Å²) in [6, 6.07) is 3.93. The van der Waals surface area contributed by atoms with Crippen molar-refractivity contribution in [3.8, 4) is 0 Å². The number of rotatable bonds is 3. The third-order valence-corrected chi connectivity index (χ3v) is 5.34. The van der Waals surface area contributed by atoms with Crippen molar-refractivity contribution in [1.82, 2.24) is 9.62 Å². The predicted molar refractivity (Wildman–Crippen MR) is 74.1 cm³/mol. The number of nitrogens with one attached hydrogen (secondary N) is 1. The molecule has 20 heavy (non-hydrogen) atoms. The number of piperazine rings is 1. The molecular weight excluding hydrogens is 282 g/mol. The van der Waals surface area contributed by atoms with Gasteiger partial charge in [0.25, 0.3) is 5.69 Å². The second-order valence-electron chi connectivity index (χ2n) is 4.93. The molecule has 7 nitrogen and oxygen atoms in total. The van der Waals surface area contributed by atoms with Gasteiger partial charge in [-0.1, -0.05) is 0 Å². The predicted octanol–water partition coefficient (Wildman–Crippen LogP) is 0.886. The minimum atomic E-state index is -3.60. The number of nitro benzene ring substituents is 1. The Bertz CT molecular complexity index is 630. The van der Waals surface area contributed by atoms with E-state index < -0.39 is 14.9 Å². The largest absolute Gasteiger partial charge is 0.312 e. The zero-order valence-electron chi connectivity index (χ0n) is 11.4. The van der Waals surface area contributed by atoms with Crippen LogP contribution >= 0.6 is 0 Å². The normalized spacial score (nSPS) is 20.8. The van der Waals surface area contributed by atoms with Crippen molar-refractivity contribution in [1.29, 1.82) is 0 Å². The number of benzene rings is 1. The van der Waals surface area contributed by atoms with Crippen molar-refractivity contribution >= 4 is 15.7 Å². The minimum Gasteiger partial charge on any atom is -0.312 e. The van der Waals surface area contributed by atoms with Crippen molar-refractivity contribution in [3.63, 3.8) is 0 Å². The van der Waals surface area contributed by atoms with Crippen LogP contribution in [0.1, 0.15) is 12.5 Å². The molecule has 8 heteroatoms. The SMILES string of the molecule is Cc1cc([N+](=O)[O-])ccc1S(=O)(=O)N1CCNC(C)C1. The van der Waals surface area contributed by atoms with Gasteiger partial charge >= 0.3 is 0 Å². The topological polar surface area (TPSA) is 92.5 Å². The molecule has 110 valence electrons. The quantitative estimate of drug-likeness (QED) is 0.661. The zero-order chi connectivity index (χ0) is 14.9. The van der Waals surface area contributed by atoms with Gasteiger partial charge in [0.1, 0.15) is 0 Å². The van der Waals surface area contributed by atoms with Crippen molar-refractivity contribution in [2.75, 3.05) is 19.6 Å². The van der Waals surface area contributed by atoms with E-state index in [9.17, 15) is 18.5 Å². The Morgan fingerprint density at radius 3 is 2.70 bits per heavy atom. The lowest BCUT2D eigenvalue weighted by Gasteiger charge is -2.31. The van der Waals surface area contributed by atoms with Gasteiger partial charge in [-0.05, 0) is 25.5 Å². The van der Waals surface area contributed by atoms with Gasteiger partial charge in [-0.25, -0.2) is 8.42 Å². The van der Waals surface area contributed by atoms with E-state index in [4.69, 9.17) is 0 Å². The Hall–Kier alpha value is -1.51. The van der Waals surface area contributed by atoms with E-state index in [0.29, 0.717) is 25.2 Å². The minimum absolute atomic E-state index is 0.0943. The van der Waals surface area contributed by atoms with Gasteiger partial charge in [0.15, 0.2) is 0 Å². The van der Waals surface area contributed by atoms with Crippen LogP contribution in [0.25, 0.3) is 0 Å². The number of hydrogen-bond acceptors (Lipinski definition) is 5. The number of aryl methyl sites for hydroxylation is 1. The fraction of sp³-hybridized carbons (Fsp3) is 0.500. The summed E-state index contributed by atoms with van der Waals surface area (Å²) >= 11 is 0. The van der Waals surface area contributed by atoms with E-state index in [2.05, 4.69) is 5.32 Å². The lowest BCUT2D eigenvalue weighted by atomic mass is 10.2. The second kappa shape index (κ2) is 5.47. The van der Waals surface area contributed by atoms with Gasteiger partial charge in [0.2, 0.25) is 10.0 Å². The van der Waals surface area contributed by atoms with Crippen molar-refractivity contribution in [3.05, 3.63) is 33.9 Å². The molecular formula is C12H17N3O4S. The maximum Gasteiger partial charge on any atom is 0.269 e. The van der Waals surface area contributed by atoms with Crippen LogP contribution in [0.4, 0.5) is 5.69 Å². The molecule has 1 aliphatic heterocycles. The van der Waals surface area contributed by atoms with Gasteiger partial charge in [-0.2, -0.15) is 4.31 Å². The Morgan fingerprint density at radius 2 is 2.15 bits per heavy atom. The zero-order valence-corrected chi connectivity index (χ0v) is 12.2. The average Bonchev–Trinajstić information content (AvgIpc) is 2.38. The Labute approximate surface area is 117 Å². The number of nitrogens with zero attached hydrogens (tertiary/aromatic N) is 2. The van der Waals surface area contributed by atoms with E-state index in [1.807, 2.05) is 6.92 Å². The smallest absolute Gasteiger partial charge is 0.269 e. The summed E-state index contributed by atoms with van der Waals surface area (Å²) < 4.78 is 26.5. The maximum atomic E-state index is 12.6. The first kappa shape index (κ1) is 14.9. The van der Waals surface area contributed by atoms with Gasteiger partial charge < -0.3 is 5.32 Å². The van der Waals surface area contributed by atoms with Crippen LogP contribution in [-0.4, -0.2) is 43.3 Å². The van der Waals surface area contributed by atoms with Gasteiger partial charge in [0, 0.05) is 37.8 Å². The molecule has 1 aromatic rings. The highest BCUT2D eigenvalue weighted by Gasteiger charge is 2.30. The number of non-ortho nitro benzene ring substituents is 1. The van der Waals surface area contributed by atoms with Crippen LogP contribution in [0.2, 0.25) is 0 Å². The van der Waals surface area contributed by atoms with E-state index >= 15 is 0 Å². The molecule has 1 saturated heterocycles. The second-order valence-corrected chi connectivity index (χ2v) is 6.83. The van der Waals surface area contributed by atoms with Gasteiger partial charge in [0.05, 0.1) is 9.82 Å². The van der Waals surface area contributed by atoms with E-state index in [-0.39, 0.29) is 16.6 Å². The third-order valence-electron chi connectivity index (χ3n) is 3.32. The molecule has 0 aliphatic carbocycles. The summed E-state index contributed by atoms with van der Waals surface area (Å²) in [5.74, 6) is 0. The average molecular weight is 299 g/mol. The fourth-order valence-corrected chi connectivity index (χ4v) is 4.03. The van der Waals surface area contributed by atoms with Crippen molar-refractivity contribution < 1.29 is 13.3 Å². The first-order valence-electron chi connectivity index (χ1n) is 6.31. The highest BCUT2D eigenvalue weighted by molar-refractivity contribution is 7.89. The van der Waals surface area contributed by atoms with Crippen LogP contribution < -0.4 is 5.32 Å². The highest BCUT2D eigenvalue weighted by atomic mass is 32.2. The fourth-order valence-electron chi connectivity index (χ4n) is 2.29. The molecule has 1 unspecified atom stereocenters. The molecule has 1 atom stereocenters. The molecule has 0 aromatic heterocycles. The molecule has 1 N–H and O–H groups in total. The summed E-state index contributed by atoms with van der Waals surface area (Å²) in [5.41, 5.74) is 0.292. The summed E-state index contributed by atoms with van der Waals surface area (Å²) in [6.45, 7) is 4.91. The number of sulfonamides is 1. The summed E-state index contributed by atoms with van der Waals surface area (Å²) in [7, 11) is -3.60. The molecule has 1 aliphatic rings. The number of hydrogen-bond donors (Lipinski definition) is 1. The van der Waals surface area contributed by atoms with E-state index in [1.54, 1.807) is 6.92 Å². The molecule has 1 heterocycles.